The van der Waals surface area contributed by atoms with Crippen molar-refractivity contribution in [3.05, 3.63) is 76.0 Å². The van der Waals surface area contributed by atoms with E-state index in [2.05, 4.69) is 5.32 Å². The van der Waals surface area contributed by atoms with Gasteiger partial charge in [0.1, 0.15) is 6.54 Å². The van der Waals surface area contributed by atoms with Crippen LogP contribution < -0.4 is 11.1 Å². The van der Waals surface area contributed by atoms with E-state index in [9.17, 15) is 22.8 Å². The van der Waals surface area contributed by atoms with E-state index >= 15 is 0 Å². The van der Waals surface area contributed by atoms with Gasteiger partial charge in [0.15, 0.2) is 0 Å². The Morgan fingerprint density at radius 1 is 1.30 bits per heavy atom. The molecule has 2 aromatic rings. The van der Waals surface area contributed by atoms with Gasteiger partial charge in [-0.05, 0) is 29.8 Å². The second kappa shape index (κ2) is 9.34. The van der Waals surface area contributed by atoms with E-state index < -0.39 is 36.5 Å². The Morgan fingerprint density at radius 2 is 2.00 bits per heavy atom. The molecule has 33 heavy (non-hydrogen) atoms. The van der Waals surface area contributed by atoms with Gasteiger partial charge in [-0.1, -0.05) is 29.8 Å². The molecule has 3 rings (SSSR count). The Morgan fingerprint density at radius 3 is 2.61 bits per heavy atom. The Hall–Kier alpha value is -3.84. The summed E-state index contributed by atoms with van der Waals surface area (Å²) in [4.78, 5) is 26.9. The van der Waals surface area contributed by atoms with Gasteiger partial charge < -0.3 is 21.4 Å². The molecule has 1 aliphatic heterocycles. The van der Waals surface area contributed by atoms with Crippen LogP contribution in [0, 0.1) is 16.7 Å². The van der Waals surface area contributed by atoms with Crippen LogP contribution in [0.1, 0.15) is 27.4 Å². The second-order valence-electron chi connectivity index (χ2n) is 7.20. The lowest BCUT2D eigenvalue weighted by Gasteiger charge is -2.42. The van der Waals surface area contributed by atoms with Gasteiger partial charge in [0.2, 0.25) is 5.91 Å². The van der Waals surface area contributed by atoms with Crippen molar-refractivity contribution in [2.24, 2.45) is 5.73 Å². The molecular weight excluding hydrogens is 459 g/mol. The predicted octanol–water partition coefficient (Wildman–Crippen LogP) is 3.81. The van der Waals surface area contributed by atoms with E-state index in [0.29, 0.717) is 11.1 Å². The van der Waals surface area contributed by atoms with Crippen LogP contribution in [0.4, 0.5) is 18.9 Å². The fraction of sp³-hybridized carbons (Fsp3) is 0.182. The molecule has 4 N–H and O–H groups in total. The van der Waals surface area contributed by atoms with Gasteiger partial charge in [0.25, 0.3) is 5.91 Å². The Balaban J connectivity index is 2.16. The molecule has 0 fully saturated rings. The lowest BCUT2D eigenvalue weighted by Crippen LogP contribution is -2.55. The van der Waals surface area contributed by atoms with Gasteiger partial charge in [-0.25, -0.2) is 0 Å². The van der Waals surface area contributed by atoms with E-state index in [1.54, 1.807) is 6.07 Å². The van der Waals surface area contributed by atoms with Crippen molar-refractivity contribution in [3.8, 4) is 6.07 Å². The Labute approximate surface area is 191 Å². The lowest BCUT2D eigenvalue weighted by molar-refractivity contribution is -0.146. The fourth-order valence-corrected chi connectivity index (χ4v) is 4.03. The minimum atomic E-state index is -4.77. The van der Waals surface area contributed by atoms with E-state index in [-0.39, 0.29) is 33.0 Å². The number of nitrogens with one attached hydrogen (secondary N) is 2. The minimum absolute atomic E-state index is 0.0664. The molecule has 0 aromatic heterocycles. The summed E-state index contributed by atoms with van der Waals surface area (Å²) >= 11 is 5.98. The van der Waals surface area contributed by atoms with Gasteiger partial charge in [0.05, 0.1) is 23.6 Å². The first kappa shape index (κ1) is 23.8. The Kier molecular flexibility index (Phi) is 6.74. The number of amides is 2. The molecule has 170 valence electrons. The molecule has 0 bridgehead atoms. The van der Waals surface area contributed by atoms with Gasteiger partial charge in [-0.2, -0.15) is 18.4 Å². The first-order chi connectivity index (χ1) is 15.6. The minimum Gasteiger partial charge on any atom is -0.404 e. The highest BCUT2D eigenvalue weighted by atomic mass is 35.5. The smallest absolute Gasteiger partial charge is 0.404 e. The number of halogens is 4. The molecule has 2 aromatic carbocycles. The van der Waals surface area contributed by atoms with E-state index in [0.717, 1.165) is 6.20 Å². The van der Waals surface area contributed by atoms with Crippen molar-refractivity contribution in [1.29, 1.82) is 10.7 Å². The molecule has 7 nitrogen and oxygen atoms in total. The van der Waals surface area contributed by atoms with Crippen LogP contribution in [0.25, 0.3) is 0 Å². The number of fused-ring (bicyclic) bond motifs is 1. The normalized spacial score (nSPS) is 18.3. The van der Waals surface area contributed by atoms with Gasteiger partial charge >= 0.3 is 6.18 Å². The van der Waals surface area contributed by atoms with Gasteiger partial charge in [0, 0.05) is 34.3 Å². The number of nitrogens with zero attached hydrogens (tertiary/aromatic N) is 2. The average Bonchev–Trinajstić information content (AvgIpc) is 2.75. The molecule has 1 aliphatic rings. The lowest BCUT2D eigenvalue weighted by atomic mass is 9.79. The van der Waals surface area contributed by atoms with Crippen molar-refractivity contribution in [2.45, 2.75) is 18.1 Å². The summed E-state index contributed by atoms with van der Waals surface area (Å²) in [5.41, 5.74) is 5.84. The second-order valence-corrected chi connectivity index (χ2v) is 7.64. The zero-order valence-electron chi connectivity index (χ0n) is 16.9. The van der Waals surface area contributed by atoms with E-state index in [1.165, 1.54) is 36.4 Å². The number of carbonyl (C=O) groups excluding carboxylic acids is 2. The van der Waals surface area contributed by atoms with E-state index in [4.69, 9.17) is 28.0 Å². The maximum absolute atomic E-state index is 13.4. The number of alkyl halides is 3. The molecule has 1 heterocycles. The van der Waals surface area contributed by atoms with Crippen molar-refractivity contribution in [2.75, 3.05) is 11.9 Å². The third-order valence-electron chi connectivity index (χ3n) is 5.07. The molecule has 0 saturated carbocycles. The molecular formula is C22H17ClF3N5O2. The van der Waals surface area contributed by atoms with Crippen LogP contribution in [0.3, 0.4) is 0 Å². The number of hydrogen-bond donors (Lipinski definition) is 3. The average molecular weight is 476 g/mol. The summed E-state index contributed by atoms with van der Waals surface area (Å²) < 4.78 is 40.2. The van der Waals surface area contributed by atoms with Crippen LogP contribution in [0.2, 0.25) is 5.02 Å². The number of carbonyl (C=O) groups is 2. The molecule has 0 spiro atoms. The summed E-state index contributed by atoms with van der Waals surface area (Å²) in [5.74, 6) is -3.03. The molecule has 0 radical (unpaired) electrons. The molecule has 2 amide bonds. The highest BCUT2D eigenvalue weighted by Gasteiger charge is 2.48. The molecule has 0 aliphatic carbocycles. The number of hydrogen-bond acceptors (Lipinski definition) is 5. The number of benzene rings is 2. The SMILES string of the molecule is N#Cc1cc(Cl)cc(NC(=O)[C@@H]2c3ccccc3C(=O)N(CC(F)(F)F)[C@H]2/C(C=N)=C/N)c1. The van der Waals surface area contributed by atoms with Crippen LogP contribution in [0.5, 0.6) is 0 Å². The van der Waals surface area contributed by atoms with Crippen LogP contribution >= 0.6 is 11.6 Å². The number of rotatable bonds is 5. The van der Waals surface area contributed by atoms with Crippen LogP contribution in [0.15, 0.2) is 54.2 Å². The maximum atomic E-state index is 13.4. The van der Waals surface area contributed by atoms with Crippen molar-refractivity contribution >= 4 is 35.3 Å². The molecule has 2 atom stereocenters. The quantitative estimate of drug-likeness (QED) is 0.569. The van der Waals surface area contributed by atoms with Crippen LogP contribution in [-0.2, 0) is 4.79 Å². The zero-order valence-corrected chi connectivity index (χ0v) is 17.6. The number of nitriles is 1. The fourth-order valence-electron chi connectivity index (χ4n) is 3.79. The van der Waals surface area contributed by atoms with Gasteiger partial charge in [-0.3, -0.25) is 9.59 Å². The number of anilines is 1. The standard InChI is InChI=1S/C22H17ClF3N5O2/c23-14-5-12(8-27)6-15(7-14)30-20(32)18-16-3-1-2-4-17(16)21(33)31(11-22(24,25)26)19(18)13(9-28)10-29/h1-7,9-10,18-19,28H,11,29H2,(H,30,32)/b13-10+,28-9?/t18-,19+/m1/s1. The third-order valence-corrected chi connectivity index (χ3v) is 5.28. The maximum Gasteiger partial charge on any atom is 0.406 e. The first-order valence-electron chi connectivity index (χ1n) is 9.50. The molecule has 0 unspecified atom stereocenters. The first-order valence-corrected chi connectivity index (χ1v) is 9.88. The highest BCUT2D eigenvalue weighted by Crippen LogP contribution is 2.38. The summed E-state index contributed by atoms with van der Waals surface area (Å²) in [6.07, 6.45) is -3.16. The zero-order chi connectivity index (χ0) is 24.3. The predicted molar refractivity (Wildman–Crippen MR) is 116 cm³/mol. The third kappa shape index (κ3) is 4.99. The van der Waals surface area contributed by atoms with Crippen molar-refractivity contribution < 1.29 is 22.8 Å². The summed E-state index contributed by atoms with van der Waals surface area (Å²) in [7, 11) is 0. The van der Waals surface area contributed by atoms with Gasteiger partial charge in [-0.15, -0.1) is 0 Å². The summed E-state index contributed by atoms with van der Waals surface area (Å²) in [6.45, 7) is -1.64. The molecule has 0 saturated heterocycles. The van der Waals surface area contributed by atoms with Crippen molar-refractivity contribution in [3.63, 3.8) is 0 Å². The van der Waals surface area contributed by atoms with E-state index in [1.807, 2.05) is 6.07 Å². The monoisotopic (exact) mass is 475 g/mol. The topological polar surface area (TPSA) is 123 Å². The van der Waals surface area contributed by atoms with Crippen LogP contribution in [-0.4, -0.2) is 41.7 Å². The summed E-state index contributed by atoms with van der Waals surface area (Å²) in [5, 5.41) is 19.5. The Bertz CT molecular complexity index is 1190. The highest BCUT2D eigenvalue weighted by molar-refractivity contribution is 6.31. The molecule has 11 heteroatoms. The summed E-state index contributed by atoms with van der Waals surface area (Å²) in [6, 6.07) is 10.3. The van der Waals surface area contributed by atoms with Crippen molar-refractivity contribution in [1.82, 2.24) is 4.90 Å². The number of nitrogens with two attached hydrogens (primary N) is 1. The largest absolute Gasteiger partial charge is 0.406 e.